The molecule has 0 aliphatic carbocycles. The smallest absolute Gasteiger partial charge is 0.343 e. The topological polar surface area (TPSA) is 77.0 Å². The van der Waals surface area contributed by atoms with E-state index in [1.807, 2.05) is 42.5 Å². The van der Waals surface area contributed by atoms with Gasteiger partial charge in [0.25, 0.3) is 0 Å². The lowest BCUT2D eigenvalue weighted by Gasteiger charge is -2.10. The summed E-state index contributed by atoms with van der Waals surface area (Å²) in [5.41, 5.74) is 4.51. The SMILES string of the molecule is COc1cc(C=NNC(=O)Cc2cccc3ccccc23)ccc1OC(=O)c1ccc(Cl)cc1. The molecule has 0 atom stereocenters. The summed E-state index contributed by atoms with van der Waals surface area (Å²) in [6.07, 6.45) is 1.70. The van der Waals surface area contributed by atoms with Crippen LogP contribution in [0.4, 0.5) is 0 Å². The third kappa shape index (κ3) is 5.60. The fourth-order valence-corrected chi connectivity index (χ4v) is 3.56. The molecule has 0 aromatic heterocycles. The molecule has 0 saturated carbocycles. The first-order valence-electron chi connectivity index (χ1n) is 10.5. The number of benzene rings is 4. The van der Waals surface area contributed by atoms with E-state index in [4.69, 9.17) is 21.1 Å². The molecule has 0 unspecified atom stereocenters. The van der Waals surface area contributed by atoms with Crippen molar-refractivity contribution in [3.63, 3.8) is 0 Å². The van der Waals surface area contributed by atoms with E-state index in [2.05, 4.69) is 10.5 Å². The number of fused-ring (bicyclic) bond motifs is 1. The minimum atomic E-state index is -0.530. The molecule has 7 heteroatoms. The first-order valence-corrected chi connectivity index (χ1v) is 10.9. The van der Waals surface area contributed by atoms with Crippen LogP contribution in [0.1, 0.15) is 21.5 Å². The monoisotopic (exact) mass is 472 g/mol. The number of amides is 1. The van der Waals surface area contributed by atoms with E-state index in [0.29, 0.717) is 21.9 Å². The number of carbonyl (C=O) groups is 2. The maximum atomic E-state index is 12.4. The highest BCUT2D eigenvalue weighted by Crippen LogP contribution is 2.28. The van der Waals surface area contributed by atoms with Crippen molar-refractivity contribution < 1.29 is 19.1 Å². The van der Waals surface area contributed by atoms with Gasteiger partial charge in [-0.15, -0.1) is 0 Å². The van der Waals surface area contributed by atoms with E-state index < -0.39 is 5.97 Å². The summed E-state index contributed by atoms with van der Waals surface area (Å²) in [5.74, 6) is -0.141. The molecule has 0 saturated heterocycles. The molecule has 0 spiro atoms. The number of hydrazone groups is 1. The van der Waals surface area contributed by atoms with Crippen molar-refractivity contribution in [1.82, 2.24) is 5.43 Å². The lowest BCUT2D eigenvalue weighted by molar-refractivity contribution is -0.120. The van der Waals surface area contributed by atoms with Gasteiger partial charge in [-0.3, -0.25) is 4.79 Å². The van der Waals surface area contributed by atoms with Gasteiger partial charge in [0.05, 0.1) is 25.3 Å². The number of nitrogens with zero attached hydrogens (tertiary/aromatic N) is 1. The summed E-state index contributed by atoms with van der Waals surface area (Å²) in [5, 5.41) is 6.69. The third-order valence-electron chi connectivity index (χ3n) is 5.10. The molecular formula is C27H21ClN2O4. The van der Waals surface area contributed by atoms with Gasteiger partial charge in [-0.1, -0.05) is 54.1 Å². The lowest BCUT2D eigenvalue weighted by Crippen LogP contribution is -2.19. The molecule has 34 heavy (non-hydrogen) atoms. The van der Waals surface area contributed by atoms with Crippen molar-refractivity contribution in [2.75, 3.05) is 7.11 Å². The van der Waals surface area contributed by atoms with Crippen LogP contribution in [0.25, 0.3) is 10.8 Å². The van der Waals surface area contributed by atoms with Crippen LogP contribution < -0.4 is 14.9 Å². The fourth-order valence-electron chi connectivity index (χ4n) is 3.43. The van der Waals surface area contributed by atoms with E-state index in [9.17, 15) is 9.59 Å². The Hall–Kier alpha value is -4.16. The van der Waals surface area contributed by atoms with Crippen LogP contribution in [-0.4, -0.2) is 25.2 Å². The number of halogens is 1. The van der Waals surface area contributed by atoms with Crippen molar-refractivity contribution in [2.45, 2.75) is 6.42 Å². The molecule has 0 aliphatic heterocycles. The normalized spacial score (nSPS) is 10.9. The van der Waals surface area contributed by atoms with Gasteiger partial charge in [0.2, 0.25) is 5.91 Å². The predicted molar refractivity (Wildman–Crippen MR) is 133 cm³/mol. The second-order valence-corrected chi connectivity index (χ2v) is 7.85. The zero-order chi connectivity index (χ0) is 23.9. The average Bonchev–Trinajstić information content (AvgIpc) is 2.85. The van der Waals surface area contributed by atoms with Crippen LogP contribution >= 0.6 is 11.6 Å². The van der Waals surface area contributed by atoms with Gasteiger partial charge in [0, 0.05) is 5.02 Å². The second-order valence-electron chi connectivity index (χ2n) is 7.41. The molecule has 4 aromatic rings. The largest absolute Gasteiger partial charge is 0.493 e. The van der Waals surface area contributed by atoms with Gasteiger partial charge >= 0.3 is 5.97 Å². The number of carbonyl (C=O) groups excluding carboxylic acids is 2. The molecule has 0 radical (unpaired) electrons. The first-order chi connectivity index (χ1) is 16.5. The number of hydrogen-bond acceptors (Lipinski definition) is 5. The van der Waals surface area contributed by atoms with Crippen LogP contribution in [0.15, 0.2) is 90.0 Å². The van der Waals surface area contributed by atoms with Gasteiger partial charge < -0.3 is 9.47 Å². The second kappa shape index (κ2) is 10.6. The van der Waals surface area contributed by atoms with Crippen molar-refractivity contribution >= 4 is 40.5 Å². The van der Waals surface area contributed by atoms with Gasteiger partial charge in [0.15, 0.2) is 11.5 Å². The molecule has 6 nitrogen and oxygen atoms in total. The summed E-state index contributed by atoms with van der Waals surface area (Å²) >= 11 is 5.86. The molecule has 0 fully saturated rings. The summed E-state index contributed by atoms with van der Waals surface area (Å²) in [4.78, 5) is 24.7. The Morgan fingerprint density at radius 1 is 0.941 bits per heavy atom. The van der Waals surface area contributed by atoms with Crippen molar-refractivity contribution in [2.24, 2.45) is 5.10 Å². The Labute approximate surface area is 201 Å². The molecule has 170 valence electrons. The summed E-state index contributed by atoms with van der Waals surface area (Å²) in [7, 11) is 1.47. The standard InChI is InChI=1S/C27H21ClN2O4/c1-33-25-15-18(9-14-24(25)34-27(32)20-10-12-22(28)13-11-20)17-29-30-26(31)16-21-7-4-6-19-5-2-3-8-23(19)21/h2-15,17H,16H2,1H3,(H,30,31). The Morgan fingerprint density at radius 3 is 2.50 bits per heavy atom. The molecule has 4 rings (SSSR count). The number of esters is 1. The molecule has 1 amide bonds. The highest BCUT2D eigenvalue weighted by Gasteiger charge is 2.13. The van der Waals surface area contributed by atoms with Crippen LogP contribution in [-0.2, 0) is 11.2 Å². The Kier molecular flexibility index (Phi) is 7.20. The van der Waals surface area contributed by atoms with Crippen LogP contribution in [0.3, 0.4) is 0 Å². The summed E-state index contributed by atoms with van der Waals surface area (Å²) in [6, 6.07) is 25.2. The van der Waals surface area contributed by atoms with Crippen molar-refractivity contribution in [3.05, 3.63) is 107 Å². The van der Waals surface area contributed by atoms with Crippen molar-refractivity contribution in [1.29, 1.82) is 0 Å². The van der Waals surface area contributed by atoms with Crippen LogP contribution in [0, 0.1) is 0 Å². The van der Waals surface area contributed by atoms with Gasteiger partial charge in [-0.05, 0) is 64.4 Å². The molecule has 0 bridgehead atoms. The van der Waals surface area contributed by atoms with Gasteiger partial charge in [0.1, 0.15) is 0 Å². The number of hydrogen-bond donors (Lipinski definition) is 1. The summed E-state index contributed by atoms with van der Waals surface area (Å²) in [6.45, 7) is 0. The molecular weight excluding hydrogens is 452 g/mol. The lowest BCUT2D eigenvalue weighted by atomic mass is 10.0. The number of rotatable bonds is 7. The maximum absolute atomic E-state index is 12.4. The van der Waals surface area contributed by atoms with E-state index in [0.717, 1.165) is 16.3 Å². The quantitative estimate of drug-likeness (QED) is 0.169. The highest BCUT2D eigenvalue weighted by molar-refractivity contribution is 6.30. The number of nitrogens with one attached hydrogen (secondary N) is 1. The van der Waals surface area contributed by atoms with Gasteiger partial charge in [-0.2, -0.15) is 5.10 Å². The molecule has 1 N–H and O–H groups in total. The first kappa shape index (κ1) is 23.0. The highest BCUT2D eigenvalue weighted by atomic mass is 35.5. The molecule has 0 heterocycles. The minimum absolute atomic E-state index is 0.210. The van der Waals surface area contributed by atoms with Crippen molar-refractivity contribution in [3.8, 4) is 11.5 Å². The predicted octanol–water partition coefficient (Wildman–Crippen LogP) is 5.41. The van der Waals surface area contributed by atoms with Crippen LogP contribution in [0.2, 0.25) is 5.02 Å². The summed E-state index contributed by atoms with van der Waals surface area (Å²) < 4.78 is 10.8. The zero-order valence-corrected chi connectivity index (χ0v) is 19.1. The zero-order valence-electron chi connectivity index (χ0n) is 18.3. The van der Waals surface area contributed by atoms with Crippen LogP contribution in [0.5, 0.6) is 11.5 Å². The minimum Gasteiger partial charge on any atom is -0.493 e. The number of ether oxygens (including phenoxy) is 2. The van der Waals surface area contributed by atoms with E-state index in [-0.39, 0.29) is 18.1 Å². The number of methoxy groups -OCH3 is 1. The Bertz CT molecular complexity index is 1360. The van der Waals surface area contributed by atoms with E-state index >= 15 is 0 Å². The Balaban J connectivity index is 1.39. The average molecular weight is 473 g/mol. The Morgan fingerprint density at radius 2 is 1.71 bits per heavy atom. The maximum Gasteiger partial charge on any atom is 0.343 e. The third-order valence-corrected chi connectivity index (χ3v) is 5.36. The van der Waals surface area contributed by atoms with Gasteiger partial charge in [-0.25, -0.2) is 10.2 Å². The van der Waals surface area contributed by atoms with E-state index in [1.54, 1.807) is 42.5 Å². The molecule has 0 aliphatic rings. The molecule has 4 aromatic carbocycles. The fraction of sp³-hybridized carbons (Fsp3) is 0.0741. The van der Waals surface area contributed by atoms with E-state index in [1.165, 1.54) is 13.3 Å².